The van der Waals surface area contributed by atoms with E-state index in [-0.39, 0.29) is 5.91 Å². The molecule has 86 valence electrons. The first-order chi connectivity index (χ1) is 8.29. The first kappa shape index (κ1) is 11.7. The number of carbonyl (C=O) groups excluding carboxylic acids is 1. The predicted molar refractivity (Wildman–Crippen MR) is 72.6 cm³/mol. The number of amides is 1. The Bertz CT molecular complexity index is 511. The van der Waals surface area contributed by atoms with Gasteiger partial charge >= 0.3 is 0 Å². The van der Waals surface area contributed by atoms with Gasteiger partial charge in [-0.3, -0.25) is 4.79 Å². The number of rotatable bonds is 3. The van der Waals surface area contributed by atoms with Gasteiger partial charge in [0.1, 0.15) is 0 Å². The van der Waals surface area contributed by atoms with Crippen LogP contribution in [0, 0.1) is 0 Å². The monoisotopic (exact) mass is 243 g/mol. The van der Waals surface area contributed by atoms with E-state index >= 15 is 0 Å². The predicted octanol–water partition coefficient (Wildman–Crippen LogP) is 3.66. The van der Waals surface area contributed by atoms with Crippen molar-refractivity contribution in [3.63, 3.8) is 0 Å². The highest BCUT2D eigenvalue weighted by Gasteiger charge is 2.04. The lowest BCUT2D eigenvalue weighted by Crippen LogP contribution is -2.11. The third-order valence-electron chi connectivity index (χ3n) is 2.36. The molecule has 0 radical (unpaired) electrons. The molecule has 0 aromatic heterocycles. The molecule has 0 saturated heterocycles. The van der Waals surface area contributed by atoms with Crippen molar-refractivity contribution in [2.75, 3.05) is 11.6 Å². The second kappa shape index (κ2) is 5.55. The summed E-state index contributed by atoms with van der Waals surface area (Å²) < 4.78 is 0. The molecule has 0 atom stereocenters. The smallest absolute Gasteiger partial charge is 0.255 e. The number of anilines is 1. The largest absolute Gasteiger partial charge is 0.322 e. The molecule has 0 aliphatic carbocycles. The third-order valence-corrected chi connectivity index (χ3v) is 3.09. The van der Waals surface area contributed by atoms with Crippen LogP contribution in [0.15, 0.2) is 59.5 Å². The van der Waals surface area contributed by atoms with Crippen molar-refractivity contribution < 1.29 is 4.79 Å². The summed E-state index contributed by atoms with van der Waals surface area (Å²) in [5.41, 5.74) is 1.49. The Morgan fingerprint density at radius 3 is 2.53 bits per heavy atom. The van der Waals surface area contributed by atoms with Crippen LogP contribution in [0.4, 0.5) is 5.69 Å². The molecule has 0 aliphatic rings. The molecule has 0 spiro atoms. The average Bonchev–Trinajstić information content (AvgIpc) is 2.40. The maximum Gasteiger partial charge on any atom is 0.255 e. The normalized spacial score (nSPS) is 9.94. The molecule has 2 rings (SSSR count). The van der Waals surface area contributed by atoms with Gasteiger partial charge < -0.3 is 5.32 Å². The second-order valence-corrected chi connectivity index (χ2v) is 4.43. The molecule has 0 aliphatic heterocycles. The van der Waals surface area contributed by atoms with E-state index in [1.54, 1.807) is 23.9 Å². The van der Waals surface area contributed by atoms with E-state index in [2.05, 4.69) is 5.32 Å². The minimum atomic E-state index is -0.0798. The lowest BCUT2D eigenvalue weighted by molar-refractivity contribution is 0.102. The summed E-state index contributed by atoms with van der Waals surface area (Å²) >= 11 is 1.65. The summed E-state index contributed by atoms with van der Waals surface area (Å²) in [5.74, 6) is -0.0798. The maximum absolute atomic E-state index is 11.9. The average molecular weight is 243 g/mol. The number of carbonyl (C=O) groups is 1. The van der Waals surface area contributed by atoms with Crippen molar-refractivity contribution in [1.29, 1.82) is 0 Å². The molecular formula is C14H13NOS. The van der Waals surface area contributed by atoms with Gasteiger partial charge in [-0.2, -0.15) is 0 Å². The molecule has 0 fully saturated rings. The molecular weight excluding hydrogens is 230 g/mol. The van der Waals surface area contributed by atoms with Crippen LogP contribution in [-0.4, -0.2) is 12.2 Å². The highest BCUT2D eigenvalue weighted by atomic mass is 32.2. The highest BCUT2D eigenvalue weighted by molar-refractivity contribution is 7.98. The van der Waals surface area contributed by atoms with Crippen LogP contribution in [0.3, 0.4) is 0 Å². The highest BCUT2D eigenvalue weighted by Crippen LogP contribution is 2.19. The maximum atomic E-state index is 11.9. The molecule has 0 heterocycles. The van der Waals surface area contributed by atoms with E-state index in [1.807, 2.05) is 48.7 Å². The van der Waals surface area contributed by atoms with Crippen molar-refractivity contribution >= 4 is 23.4 Å². The van der Waals surface area contributed by atoms with E-state index in [1.165, 1.54) is 0 Å². The van der Waals surface area contributed by atoms with E-state index in [4.69, 9.17) is 0 Å². The molecule has 1 N–H and O–H groups in total. The number of hydrogen-bond acceptors (Lipinski definition) is 2. The fourth-order valence-corrected chi connectivity index (χ4v) is 1.95. The van der Waals surface area contributed by atoms with Crippen LogP contribution < -0.4 is 5.32 Å². The zero-order valence-corrected chi connectivity index (χ0v) is 10.3. The van der Waals surface area contributed by atoms with Gasteiger partial charge in [0.05, 0.1) is 0 Å². The number of nitrogens with one attached hydrogen (secondary N) is 1. The van der Waals surface area contributed by atoms with E-state index in [0.29, 0.717) is 5.56 Å². The zero-order chi connectivity index (χ0) is 12.1. The first-order valence-electron chi connectivity index (χ1n) is 5.30. The van der Waals surface area contributed by atoms with Crippen LogP contribution in [0.5, 0.6) is 0 Å². The second-order valence-electron chi connectivity index (χ2n) is 3.55. The summed E-state index contributed by atoms with van der Waals surface area (Å²) in [6.45, 7) is 0. The summed E-state index contributed by atoms with van der Waals surface area (Å²) in [7, 11) is 0. The molecule has 0 unspecified atom stereocenters. The van der Waals surface area contributed by atoms with Crippen molar-refractivity contribution in [3.05, 3.63) is 60.2 Å². The lowest BCUT2D eigenvalue weighted by atomic mass is 10.2. The Labute approximate surface area is 105 Å². The summed E-state index contributed by atoms with van der Waals surface area (Å²) in [6, 6.07) is 17.0. The van der Waals surface area contributed by atoms with Gasteiger partial charge in [-0.1, -0.05) is 24.3 Å². The summed E-state index contributed by atoms with van der Waals surface area (Å²) in [5, 5.41) is 2.88. The van der Waals surface area contributed by atoms with Crippen molar-refractivity contribution in [3.8, 4) is 0 Å². The topological polar surface area (TPSA) is 29.1 Å². The molecule has 17 heavy (non-hydrogen) atoms. The van der Waals surface area contributed by atoms with Crippen LogP contribution in [-0.2, 0) is 0 Å². The van der Waals surface area contributed by atoms with Gasteiger partial charge in [0, 0.05) is 16.1 Å². The Hall–Kier alpha value is -1.74. The van der Waals surface area contributed by atoms with Crippen LogP contribution >= 0.6 is 11.8 Å². The lowest BCUT2D eigenvalue weighted by Gasteiger charge is -2.06. The Balaban J connectivity index is 2.13. The molecule has 1 amide bonds. The Morgan fingerprint density at radius 1 is 1.06 bits per heavy atom. The van der Waals surface area contributed by atoms with Crippen LogP contribution in [0.2, 0.25) is 0 Å². The Morgan fingerprint density at radius 2 is 1.82 bits per heavy atom. The van der Waals surface area contributed by atoms with Crippen molar-refractivity contribution in [1.82, 2.24) is 0 Å². The minimum absolute atomic E-state index is 0.0798. The minimum Gasteiger partial charge on any atom is -0.322 e. The SMILES string of the molecule is CSc1cccc(NC(=O)c2ccccc2)c1. The number of hydrogen-bond donors (Lipinski definition) is 1. The summed E-state index contributed by atoms with van der Waals surface area (Å²) in [6.07, 6.45) is 2.01. The molecule has 2 aromatic carbocycles. The van der Waals surface area contributed by atoms with Crippen molar-refractivity contribution in [2.45, 2.75) is 4.90 Å². The van der Waals surface area contributed by atoms with Crippen molar-refractivity contribution in [2.24, 2.45) is 0 Å². The quantitative estimate of drug-likeness (QED) is 0.833. The van der Waals surface area contributed by atoms with Crippen LogP contribution in [0.1, 0.15) is 10.4 Å². The van der Waals surface area contributed by atoms with E-state index in [9.17, 15) is 4.79 Å². The summed E-state index contributed by atoms with van der Waals surface area (Å²) in [4.78, 5) is 13.0. The molecule has 0 bridgehead atoms. The van der Waals surface area contributed by atoms with E-state index < -0.39 is 0 Å². The molecule has 2 nitrogen and oxygen atoms in total. The van der Waals surface area contributed by atoms with Crippen LogP contribution in [0.25, 0.3) is 0 Å². The Kier molecular flexibility index (Phi) is 3.83. The number of thioether (sulfide) groups is 1. The van der Waals surface area contributed by atoms with Gasteiger partial charge in [0.2, 0.25) is 0 Å². The zero-order valence-electron chi connectivity index (χ0n) is 9.51. The van der Waals surface area contributed by atoms with Gasteiger partial charge in [0.25, 0.3) is 5.91 Å². The molecule has 3 heteroatoms. The first-order valence-corrected chi connectivity index (χ1v) is 6.52. The standard InChI is InChI=1S/C14H13NOS/c1-17-13-9-5-8-12(10-13)15-14(16)11-6-3-2-4-7-11/h2-10H,1H3,(H,15,16). The van der Waals surface area contributed by atoms with Gasteiger partial charge in [-0.15, -0.1) is 11.8 Å². The van der Waals surface area contributed by atoms with Gasteiger partial charge in [-0.05, 0) is 36.6 Å². The molecule has 0 saturated carbocycles. The fourth-order valence-electron chi connectivity index (χ4n) is 1.49. The van der Waals surface area contributed by atoms with Gasteiger partial charge in [-0.25, -0.2) is 0 Å². The van der Waals surface area contributed by atoms with Gasteiger partial charge in [0.15, 0.2) is 0 Å². The van der Waals surface area contributed by atoms with E-state index in [0.717, 1.165) is 10.6 Å². The fraction of sp³-hybridized carbons (Fsp3) is 0.0714. The third kappa shape index (κ3) is 3.11. The number of benzene rings is 2. The molecule has 2 aromatic rings.